The normalized spacial score (nSPS) is 20.6. The molecular formula is C19H28N2O3S. The van der Waals surface area contributed by atoms with Gasteiger partial charge in [-0.3, -0.25) is 4.79 Å². The molecule has 0 bridgehead atoms. The first-order chi connectivity index (χ1) is 11.8. The molecule has 0 spiro atoms. The zero-order valence-electron chi connectivity index (χ0n) is 15.3. The molecule has 6 heteroatoms. The summed E-state index contributed by atoms with van der Waals surface area (Å²) in [5.41, 5.74) is 1.83. The fraction of sp³-hybridized carbons (Fsp3) is 0.632. The van der Waals surface area contributed by atoms with Crippen molar-refractivity contribution < 1.29 is 13.2 Å². The van der Waals surface area contributed by atoms with Crippen LogP contribution in [-0.4, -0.2) is 26.9 Å². The van der Waals surface area contributed by atoms with Gasteiger partial charge < -0.3 is 4.90 Å². The van der Waals surface area contributed by atoms with Crippen LogP contribution in [0.15, 0.2) is 23.1 Å². The molecule has 1 amide bonds. The molecule has 5 nitrogen and oxygen atoms in total. The minimum atomic E-state index is -3.50. The molecule has 1 aliphatic carbocycles. The quantitative estimate of drug-likeness (QED) is 0.843. The summed E-state index contributed by atoms with van der Waals surface area (Å²) in [4.78, 5) is 14.9. The minimum absolute atomic E-state index is 0.0926. The largest absolute Gasteiger partial charge is 0.309 e. The topological polar surface area (TPSA) is 66.5 Å². The summed E-state index contributed by atoms with van der Waals surface area (Å²) in [6, 6.07) is 5.24. The van der Waals surface area contributed by atoms with Crippen molar-refractivity contribution in [1.82, 2.24) is 4.72 Å². The molecule has 1 heterocycles. The predicted molar refractivity (Wildman–Crippen MR) is 99.1 cm³/mol. The molecule has 1 saturated carbocycles. The van der Waals surface area contributed by atoms with Crippen molar-refractivity contribution in [3.63, 3.8) is 0 Å². The lowest BCUT2D eigenvalue weighted by atomic mass is 9.84. The van der Waals surface area contributed by atoms with Crippen LogP contribution in [0, 0.1) is 11.8 Å². The van der Waals surface area contributed by atoms with Crippen molar-refractivity contribution in [2.45, 2.75) is 63.8 Å². The lowest BCUT2D eigenvalue weighted by Gasteiger charge is -2.32. The fourth-order valence-electron chi connectivity index (χ4n) is 3.53. The number of nitrogens with one attached hydrogen (secondary N) is 1. The van der Waals surface area contributed by atoms with Crippen molar-refractivity contribution in [3.8, 4) is 0 Å². The first-order valence-electron chi connectivity index (χ1n) is 9.25. The number of nitrogens with zero attached hydrogens (tertiary/aromatic N) is 1. The lowest BCUT2D eigenvalue weighted by Crippen LogP contribution is -2.42. The number of benzene rings is 1. The average Bonchev–Trinajstić information content (AvgIpc) is 2.79. The number of fused-ring (bicyclic) bond motifs is 1. The van der Waals surface area contributed by atoms with Crippen LogP contribution >= 0.6 is 0 Å². The summed E-state index contributed by atoms with van der Waals surface area (Å²) in [5.74, 6) is 0.798. The summed E-state index contributed by atoms with van der Waals surface area (Å²) >= 11 is 0. The Kier molecular flexibility index (Phi) is 5.21. The Morgan fingerprint density at radius 2 is 2.04 bits per heavy atom. The lowest BCUT2D eigenvalue weighted by molar-refractivity contribution is -0.125. The van der Waals surface area contributed by atoms with Gasteiger partial charge >= 0.3 is 0 Å². The van der Waals surface area contributed by atoms with Crippen LogP contribution < -0.4 is 9.62 Å². The molecule has 2 aliphatic rings. The molecule has 1 aromatic carbocycles. The van der Waals surface area contributed by atoms with Crippen molar-refractivity contribution in [1.29, 1.82) is 0 Å². The first kappa shape index (κ1) is 18.4. The standard InChI is InChI=1S/C19H28N2O3S/c1-13(2)9-10-20-25(23,24)17-7-8-18-16(12-17)11-14(3)21(18)19(22)15-5-4-6-15/h7-8,12-15,20H,4-6,9-11H2,1-3H3/t14-/m1/s1. The maximum Gasteiger partial charge on any atom is 0.240 e. The number of carbonyl (C=O) groups is 1. The summed E-state index contributed by atoms with van der Waals surface area (Å²) in [6.07, 6.45) is 4.60. The van der Waals surface area contributed by atoms with E-state index in [0.29, 0.717) is 23.8 Å². The number of amides is 1. The molecule has 0 unspecified atom stereocenters. The molecule has 1 fully saturated rings. The highest BCUT2D eigenvalue weighted by atomic mass is 32.2. The van der Waals surface area contributed by atoms with E-state index in [2.05, 4.69) is 18.6 Å². The predicted octanol–water partition coefficient (Wildman–Crippen LogP) is 3.09. The van der Waals surface area contributed by atoms with Gasteiger partial charge in [-0.1, -0.05) is 20.3 Å². The summed E-state index contributed by atoms with van der Waals surface area (Å²) < 4.78 is 27.6. The molecule has 1 aliphatic heterocycles. The zero-order chi connectivity index (χ0) is 18.2. The van der Waals surface area contributed by atoms with E-state index < -0.39 is 10.0 Å². The summed E-state index contributed by atoms with van der Waals surface area (Å²) in [6.45, 7) is 6.61. The molecule has 138 valence electrons. The molecule has 0 radical (unpaired) electrons. The van der Waals surface area contributed by atoms with Crippen LogP contribution in [0.1, 0.15) is 52.0 Å². The van der Waals surface area contributed by atoms with E-state index in [1.807, 2.05) is 11.8 Å². The minimum Gasteiger partial charge on any atom is -0.309 e. The first-order valence-corrected chi connectivity index (χ1v) is 10.7. The summed E-state index contributed by atoms with van der Waals surface area (Å²) in [5, 5.41) is 0. The van der Waals surface area contributed by atoms with E-state index in [1.165, 1.54) is 0 Å². The van der Waals surface area contributed by atoms with Crippen molar-refractivity contribution in [2.75, 3.05) is 11.4 Å². The van der Waals surface area contributed by atoms with Gasteiger partial charge in [-0.15, -0.1) is 0 Å². The van der Waals surface area contributed by atoms with Crippen LogP contribution in [0.4, 0.5) is 5.69 Å². The third-order valence-corrected chi connectivity index (χ3v) is 6.74. The van der Waals surface area contributed by atoms with Crippen LogP contribution in [-0.2, 0) is 21.2 Å². The smallest absolute Gasteiger partial charge is 0.240 e. The van der Waals surface area contributed by atoms with Crippen LogP contribution in [0.5, 0.6) is 0 Å². The molecule has 1 aromatic rings. The van der Waals surface area contributed by atoms with Gasteiger partial charge in [-0.25, -0.2) is 13.1 Å². The van der Waals surface area contributed by atoms with Gasteiger partial charge in [0.1, 0.15) is 0 Å². The van der Waals surface area contributed by atoms with Gasteiger partial charge in [0.25, 0.3) is 0 Å². The monoisotopic (exact) mass is 364 g/mol. The van der Waals surface area contributed by atoms with Crippen molar-refractivity contribution in [3.05, 3.63) is 23.8 Å². The van der Waals surface area contributed by atoms with E-state index in [4.69, 9.17) is 0 Å². The number of rotatable bonds is 6. The molecular weight excluding hydrogens is 336 g/mol. The molecule has 1 N–H and O–H groups in total. The van der Waals surface area contributed by atoms with Crippen LogP contribution in [0.25, 0.3) is 0 Å². The molecule has 3 rings (SSSR count). The van der Waals surface area contributed by atoms with Gasteiger partial charge in [-0.2, -0.15) is 0 Å². The molecule has 1 atom stereocenters. The Labute approximate surface area is 150 Å². The van der Waals surface area contributed by atoms with E-state index >= 15 is 0 Å². The SMILES string of the molecule is CC(C)CCNS(=O)(=O)c1ccc2c(c1)C[C@@H](C)N2C(=O)C1CCC1. The van der Waals surface area contributed by atoms with E-state index in [1.54, 1.807) is 18.2 Å². The Morgan fingerprint density at radius 3 is 2.64 bits per heavy atom. The van der Waals surface area contributed by atoms with E-state index in [-0.39, 0.29) is 17.9 Å². The average molecular weight is 365 g/mol. The van der Waals surface area contributed by atoms with Crippen molar-refractivity contribution in [2.24, 2.45) is 11.8 Å². The van der Waals surface area contributed by atoms with Gasteiger partial charge in [0.2, 0.25) is 15.9 Å². The Bertz CT molecular complexity index is 754. The Morgan fingerprint density at radius 1 is 1.32 bits per heavy atom. The van der Waals surface area contributed by atoms with Gasteiger partial charge in [0.05, 0.1) is 4.90 Å². The van der Waals surface area contributed by atoms with Crippen molar-refractivity contribution >= 4 is 21.6 Å². The highest BCUT2D eigenvalue weighted by Crippen LogP contribution is 2.38. The number of sulfonamides is 1. The Balaban J connectivity index is 1.79. The second kappa shape index (κ2) is 7.08. The second-order valence-electron chi connectivity index (χ2n) is 7.76. The maximum absolute atomic E-state index is 12.7. The zero-order valence-corrected chi connectivity index (χ0v) is 16.1. The third-order valence-electron chi connectivity index (χ3n) is 5.28. The molecule has 0 aromatic heterocycles. The Hall–Kier alpha value is -1.40. The van der Waals surface area contributed by atoms with E-state index in [0.717, 1.165) is 36.9 Å². The second-order valence-corrected chi connectivity index (χ2v) is 9.53. The number of anilines is 1. The van der Waals surface area contributed by atoms with Gasteiger partial charge in [-0.05, 0) is 62.3 Å². The molecule has 0 saturated heterocycles. The highest BCUT2D eigenvalue weighted by Gasteiger charge is 2.37. The van der Waals surface area contributed by atoms with Gasteiger partial charge in [0, 0.05) is 24.2 Å². The highest BCUT2D eigenvalue weighted by molar-refractivity contribution is 7.89. The van der Waals surface area contributed by atoms with Gasteiger partial charge in [0.15, 0.2) is 0 Å². The van der Waals surface area contributed by atoms with Crippen LogP contribution in [0.2, 0.25) is 0 Å². The number of hydrogen-bond donors (Lipinski definition) is 1. The van der Waals surface area contributed by atoms with E-state index in [9.17, 15) is 13.2 Å². The number of hydrogen-bond acceptors (Lipinski definition) is 3. The van der Waals surface area contributed by atoms with Crippen LogP contribution in [0.3, 0.4) is 0 Å². The summed E-state index contributed by atoms with van der Waals surface area (Å²) in [7, 11) is -3.50. The maximum atomic E-state index is 12.7. The third kappa shape index (κ3) is 3.75. The molecule has 25 heavy (non-hydrogen) atoms. The number of carbonyl (C=O) groups excluding carboxylic acids is 1. The fourth-order valence-corrected chi connectivity index (χ4v) is 4.63.